The zero-order valence-corrected chi connectivity index (χ0v) is 9.64. The summed E-state index contributed by atoms with van der Waals surface area (Å²) in [6, 6.07) is 4.95. The van der Waals surface area contributed by atoms with Gasteiger partial charge < -0.3 is 9.30 Å². The minimum Gasteiger partial charge on any atom is -0.460 e. The molecule has 0 unspecified atom stereocenters. The molecule has 0 aliphatic heterocycles. The predicted molar refractivity (Wildman–Crippen MR) is 61.7 cm³/mol. The molecular formula is C12H12N2O3. The van der Waals surface area contributed by atoms with E-state index in [9.17, 15) is 9.59 Å². The smallest absolute Gasteiger partial charge is 0.379 e. The largest absolute Gasteiger partial charge is 0.460 e. The van der Waals surface area contributed by atoms with E-state index in [4.69, 9.17) is 0 Å². The van der Waals surface area contributed by atoms with E-state index in [0.29, 0.717) is 11.1 Å². The molecule has 1 aromatic heterocycles. The number of Topliss-reactive ketones (excluding diaryl/α,β-unsaturated/α-hetero) is 1. The Morgan fingerprint density at radius 1 is 1.41 bits per heavy atom. The van der Waals surface area contributed by atoms with Crippen LogP contribution in [0.2, 0.25) is 0 Å². The molecule has 0 saturated carbocycles. The summed E-state index contributed by atoms with van der Waals surface area (Å²) < 4.78 is 6.50. The molecule has 1 aromatic carbocycles. The van der Waals surface area contributed by atoms with Crippen molar-refractivity contribution in [2.45, 2.75) is 6.92 Å². The fourth-order valence-electron chi connectivity index (χ4n) is 1.59. The Hall–Kier alpha value is -2.17. The van der Waals surface area contributed by atoms with Gasteiger partial charge in [0.25, 0.3) is 5.78 Å². The van der Waals surface area contributed by atoms with Gasteiger partial charge in [-0.3, -0.25) is 4.79 Å². The van der Waals surface area contributed by atoms with Crippen molar-refractivity contribution in [1.29, 1.82) is 0 Å². The van der Waals surface area contributed by atoms with Crippen LogP contribution in [0.3, 0.4) is 0 Å². The van der Waals surface area contributed by atoms with Crippen molar-refractivity contribution in [3.63, 3.8) is 0 Å². The standard InChI is InChI=1S/C12H12N2O3/c1-3-17-12(16)11(15)8-4-5-10-9(6-8)13-7-14(10)2/h4-7H,3H2,1-2H3. The van der Waals surface area contributed by atoms with Crippen LogP contribution in [-0.4, -0.2) is 27.9 Å². The Labute approximate surface area is 98.0 Å². The van der Waals surface area contributed by atoms with Crippen LogP contribution in [0, 0.1) is 0 Å². The molecule has 0 aliphatic rings. The van der Waals surface area contributed by atoms with E-state index in [1.165, 1.54) is 0 Å². The quantitative estimate of drug-likeness (QED) is 0.455. The average Bonchev–Trinajstić information content (AvgIpc) is 2.70. The molecule has 0 amide bonds. The molecule has 2 aromatic rings. The first-order valence-corrected chi connectivity index (χ1v) is 5.26. The number of nitrogens with zero attached hydrogens (tertiary/aromatic N) is 2. The third-order valence-electron chi connectivity index (χ3n) is 2.45. The van der Waals surface area contributed by atoms with Crippen LogP contribution >= 0.6 is 0 Å². The van der Waals surface area contributed by atoms with Crippen molar-refractivity contribution < 1.29 is 14.3 Å². The van der Waals surface area contributed by atoms with Crippen molar-refractivity contribution in [2.75, 3.05) is 6.61 Å². The first-order valence-electron chi connectivity index (χ1n) is 5.26. The number of hydrogen-bond donors (Lipinski definition) is 0. The second-order valence-corrected chi connectivity index (χ2v) is 3.61. The van der Waals surface area contributed by atoms with Gasteiger partial charge in [-0.25, -0.2) is 9.78 Å². The fraction of sp³-hybridized carbons (Fsp3) is 0.250. The normalized spacial score (nSPS) is 10.5. The molecule has 1 heterocycles. The first kappa shape index (κ1) is 11.3. The molecule has 0 aliphatic carbocycles. The summed E-state index contributed by atoms with van der Waals surface area (Å²) >= 11 is 0. The maximum absolute atomic E-state index is 11.7. The average molecular weight is 232 g/mol. The highest BCUT2D eigenvalue weighted by Gasteiger charge is 2.18. The van der Waals surface area contributed by atoms with Crippen molar-refractivity contribution in [3.8, 4) is 0 Å². The van der Waals surface area contributed by atoms with Crippen LogP contribution in [0.15, 0.2) is 24.5 Å². The molecule has 0 radical (unpaired) electrons. The summed E-state index contributed by atoms with van der Waals surface area (Å²) in [5.74, 6) is -1.47. The van der Waals surface area contributed by atoms with E-state index in [-0.39, 0.29) is 6.61 Å². The fourth-order valence-corrected chi connectivity index (χ4v) is 1.59. The zero-order valence-electron chi connectivity index (χ0n) is 9.64. The molecule has 0 bridgehead atoms. The van der Waals surface area contributed by atoms with Gasteiger partial charge in [0.2, 0.25) is 0 Å². The van der Waals surface area contributed by atoms with Crippen LogP contribution < -0.4 is 0 Å². The number of esters is 1. The van der Waals surface area contributed by atoms with Crippen molar-refractivity contribution in [1.82, 2.24) is 9.55 Å². The summed E-state index contributed by atoms with van der Waals surface area (Å²) in [6.07, 6.45) is 1.66. The SMILES string of the molecule is CCOC(=O)C(=O)c1ccc2c(c1)ncn2C. The second-order valence-electron chi connectivity index (χ2n) is 3.61. The second kappa shape index (κ2) is 4.37. The molecule has 0 spiro atoms. The number of hydrogen-bond acceptors (Lipinski definition) is 4. The molecular weight excluding hydrogens is 220 g/mol. The Morgan fingerprint density at radius 2 is 2.18 bits per heavy atom. The van der Waals surface area contributed by atoms with Crippen LogP contribution in [0.25, 0.3) is 11.0 Å². The molecule has 88 valence electrons. The first-order chi connectivity index (χ1) is 8.13. The molecule has 0 N–H and O–H groups in total. The third kappa shape index (κ3) is 2.04. The molecule has 0 saturated heterocycles. The van der Waals surface area contributed by atoms with E-state index in [0.717, 1.165) is 5.52 Å². The summed E-state index contributed by atoms with van der Waals surface area (Å²) in [6.45, 7) is 1.85. The van der Waals surface area contributed by atoms with Crippen molar-refractivity contribution >= 4 is 22.8 Å². The van der Waals surface area contributed by atoms with Gasteiger partial charge in [-0.15, -0.1) is 0 Å². The Morgan fingerprint density at radius 3 is 2.88 bits per heavy atom. The molecule has 0 atom stereocenters. The lowest BCUT2D eigenvalue weighted by molar-refractivity contribution is -0.137. The van der Waals surface area contributed by atoms with Crippen LogP contribution in [0.4, 0.5) is 0 Å². The topological polar surface area (TPSA) is 61.2 Å². The van der Waals surface area contributed by atoms with Gasteiger partial charge in [0.05, 0.1) is 24.0 Å². The lowest BCUT2D eigenvalue weighted by atomic mass is 10.1. The van der Waals surface area contributed by atoms with Gasteiger partial charge in [0.1, 0.15) is 0 Å². The van der Waals surface area contributed by atoms with E-state index < -0.39 is 11.8 Å². The Bertz CT molecular complexity index is 586. The summed E-state index contributed by atoms with van der Waals surface area (Å²) in [7, 11) is 1.86. The van der Waals surface area contributed by atoms with E-state index in [1.807, 2.05) is 11.6 Å². The van der Waals surface area contributed by atoms with Gasteiger partial charge >= 0.3 is 5.97 Å². The number of ether oxygens (including phenoxy) is 1. The number of aryl methyl sites for hydroxylation is 1. The van der Waals surface area contributed by atoms with E-state index in [1.54, 1.807) is 31.5 Å². The minimum atomic E-state index is -0.831. The number of ketones is 1. The van der Waals surface area contributed by atoms with Gasteiger partial charge in [-0.1, -0.05) is 0 Å². The van der Waals surface area contributed by atoms with Gasteiger partial charge in [0.15, 0.2) is 0 Å². The number of imidazole rings is 1. The lowest BCUT2D eigenvalue weighted by Crippen LogP contribution is -2.17. The Kier molecular flexibility index (Phi) is 2.91. The van der Waals surface area contributed by atoms with Crippen molar-refractivity contribution in [2.24, 2.45) is 7.05 Å². The lowest BCUT2D eigenvalue weighted by Gasteiger charge is -2.01. The third-order valence-corrected chi connectivity index (χ3v) is 2.45. The number of aromatic nitrogens is 2. The number of fused-ring (bicyclic) bond motifs is 1. The highest BCUT2D eigenvalue weighted by molar-refractivity contribution is 6.40. The number of rotatable bonds is 3. The zero-order chi connectivity index (χ0) is 12.4. The highest BCUT2D eigenvalue weighted by Crippen LogP contribution is 2.14. The maximum atomic E-state index is 11.7. The highest BCUT2D eigenvalue weighted by atomic mass is 16.5. The van der Waals surface area contributed by atoms with Crippen LogP contribution in [-0.2, 0) is 16.6 Å². The van der Waals surface area contributed by atoms with Crippen LogP contribution in [0.5, 0.6) is 0 Å². The molecule has 17 heavy (non-hydrogen) atoms. The van der Waals surface area contributed by atoms with Crippen molar-refractivity contribution in [3.05, 3.63) is 30.1 Å². The van der Waals surface area contributed by atoms with Crippen LogP contribution in [0.1, 0.15) is 17.3 Å². The minimum absolute atomic E-state index is 0.191. The van der Waals surface area contributed by atoms with E-state index in [2.05, 4.69) is 9.72 Å². The maximum Gasteiger partial charge on any atom is 0.379 e. The van der Waals surface area contributed by atoms with Gasteiger partial charge in [-0.05, 0) is 25.1 Å². The van der Waals surface area contributed by atoms with Gasteiger partial charge in [-0.2, -0.15) is 0 Å². The predicted octanol–water partition coefficient (Wildman–Crippen LogP) is 1.32. The molecule has 2 rings (SSSR count). The molecule has 0 fully saturated rings. The summed E-state index contributed by atoms with van der Waals surface area (Å²) in [4.78, 5) is 27.1. The van der Waals surface area contributed by atoms with Gasteiger partial charge in [0, 0.05) is 12.6 Å². The van der Waals surface area contributed by atoms with E-state index >= 15 is 0 Å². The number of benzene rings is 1. The molecule has 5 heteroatoms. The summed E-state index contributed by atoms with van der Waals surface area (Å²) in [5, 5.41) is 0. The molecule has 5 nitrogen and oxygen atoms in total. The number of carbonyl (C=O) groups excluding carboxylic acids is 2. The Balaban J connectivity index is 2.36. The number of carbonyl (C=O) groups is 2. The monoisotopic (exact) mass is 232 g/mol. The summed E-state index contributed by atoms with van der Waals surface area (Å²) in [5.41, 5.74) is 1.89.